The second-order valence-electron chi connectivity index (χ2n) is 5.11. The van der Waals surface area contributed by atoms with E-state index in [1.54, 1.807) is 0 Å². The van der Waals surface area contributed by atoms with Crippen molar-refractivity contribution in [1.82, 2.24) is 5.32 Å². The Kier molecular flexibility index (Phi) is 21.8. The predicted octanol–water partition coefficient (Wildman–Crippen LogP) is -1.07. The van der Waals surface area contributed by atoms with Crippen molar-refractivity contribution < 1.29 is 33.2 Å². The van der Waals surface area contributed by atoms with E-state index in [2.05, 4.69) is 10.5 Å². The number of carbonyl (C=O) groups excluding carboxylic acids is 1. The maximum atomic E-state index is 11.2. The summed E-state index contributed by atoms with van der Waals surface area (Å²) >= 11 is 0. The van der Waals surface area contributed by atoms with Gasteiger partial charge in [-0.1, -0.05) is 5.18 Å². The Balaban J connectivity index is 3.05. The lowest BCUT2D eigenvalue weighted by molar-refractivity contribution is -0.126. The summed E-state index contributed by atoms with van der Waals surface area (Å²) in [6.45, 7) is 5.80. The topological polar surface area (TPSA) is 140 Å². The van der Waals surface area contributed by atoms with Crippen LogP contribution in [0.15, 0.2) is 5.18 Å². The molecule has 160 valence electrons. The first-order valence-corrected chi connectivity index (χ1v) is 9.03. The Morgan fingerprint density at radius 3 is 1.52 bits per heavy atom. The van der Waals surface area contributed by atoms with E-state index in [0.717, 1.165) is 0 Å². The standard InChI is InChI=1S/C16H33N3O8/c17-1-2-18-16(20)15-27-14-13-26-12-11-25-10-9-24-8-7-23-6-5-22-4-3-19-21/h1-15,17H2,(H,18,20). The number of carbonyl (C=O) groups is 1. The van der Waals surface area contributed by atoms with Crippen molar-refractivity contribution in [3.8, 4) is 0 Å². The Labute approximate surface area is 160 Å². The van der Waals surface area contributed by atoms with Crippen LogP contribution in [-0.4, -0.2) is 105 Å². The first-order valence-electron chi connectivity index (χ1n) is 9.03. The minimum absolute atomic E-state index is 0.00554. The maximum Gasteiger partial charge on any atom is 0.246 e. The number of rotatable bonds is 22. The van der Waals surface area contributed by atoms with Crippen molar-refractivity contribution in [3.63, 3.8) is 0 Å². The van der Waals surface area contributed by atoms with Crippen molar-refractivity contribution >= 4 is 5.91 Å². The van der Waals surface area contributed by atoms with Gasteiger partial charge in [0.15, 0.2) is 0 Å². The predicted molar refractivity (Wildman–Crippen MR) is 97.6 cm³/mol. The summed E-state index contributed by atoms with van der Waals surface area (Å²) < 4.78 is 31.5. The fraction of sp³-hybridized carbons (Fsp3) is 0.938. The molecule has 11 heteroatoms. The van der Waals surface area contributed by atoms with Crippen molar-refractivity contribution in [3.05, 3.63) is 4.91 Å². The van der Waals surface area contributed by atoms with Gasteiger partial charge in [0.25, 0.3) is 0 Å². The van der Waals surface area contributed by atoms with Crippen LogP contribution in [0.5, 0.6) is 0 Å². The largest absolute Gasteiger partial charge is 0.377 e. The molecule has 0 fully saturated rings. The molecule has 0 aromatic heterocycles. The summed E-state index contributed by atoms with van der Waals surface area (Å²) in [5.41, 5.74) is 5.26. The van der Waals surface area contributed by atoms with Gasteiger partial charge < -0.3 is 39.5 Å². The van der Waals surface area contributed by atoms with Gasteiger partial charge in [0.05, 0.1) is 72.7 Å². The lowest BCUT2D eigenvalue weighted by atomic mass is 10.5. The van der Waals surface area contributed by atoms with Crippen molar-refractivity contribution in [1.29, 1.82) is 0 Å². The fourth-order valence-electron chi connectivity index (χ4n) is 1.63. The van der Waals surface area contributed by atoms with Gasteiger partial charge in [-0.3, -0.25) is 4.79 Å². The van der Waals surface area contributed by atoms with E-state index in [0.29, 0.717) is 85.8 Å². The van der Waals surface area contributed by atoms with Gasteiger partial charge >= 0.3 is 0 Å². The van der Waals surface area contributed by atoms with Crippen LogP contribution >= 0.6 is 0 Å². The molecule has 0 unspecified atom stereocenters. The van der Waals surface area contributed by atoms with Gasteiger partial charge in [0, 0.05) is 13.1 Å². The minimum Gasteiger partial charge on any atom is -0.377 e. The zero-order chi connectivity index (χ0) is 19.8. The maximum absolute atomic E-state index is 11.2. The third kappa shape index (κ3) is 22.7. The third-order valence-corrected chi connectivity index (χ3v) is 2.89. The van der Waals surface area contributed by atoms with Gasteiger partial charge in [-0.25, -0.2) is 0 Å². The Morgan fingerprint density at radius 1 is 0.704 bits per heavy atom. The number of nitrogens with zero attached hydrogens (tertiary/aromatic N) is 1. The number of ether oxygens (including phenoxy) is 6. The minimum atomic E-state index is -0.186. The molecule has 0 spiro atoms. The lowest BCUT2D eigenvalue weighted by Gasteiger charge is -2.08. The summed E-state index contributed by atoms with van der Waals surface area (Å²) in [6, 6.07) is 0. The number of hydrogen-bond donors (Lipinski definition) is 2. The van der Waals surface area contributed by atoms with E-state index in [4.69, 9.17) is 34.2 Å². The summed E-state index contributed by atoms with van der Waals surface area (Å²) in [5, 5.41) is 5.29. The van der Waals surface area contributed by atoms with E-state index in [9.17, 15) is 9.70 Å². The molecule has 27 heavy (non-hydrogen) atoms. The lowest BCUT2D eigenvalue weighted by Crippen LogP contribution is -2.32. The molecule has 0 atom stereocenters. The molecule has 0 bridgehead atoms. The van der Waals surface area contributed by atoms with E-state index >= 15 is 0 Å². The Hall–Kier alpha value is -1.21. The highest BCUT2D eigenvalue weighted by Gasteiger charge is 1.99. The molecule has 11 nitrogen and oxygen atoms in total. The van der Waals surface area contributed by atoms with Crippen LogP contribution < -0.4 is 11.1 Å². The fourth-order valence-corrected chi connectivity index (χ4v) is 1.63. The average molecular weight is 395 g/mol. The summed E-state index contributed by atoms with van der Waals surface area (Å²) in [7, 11) is 0. The van der Waals surface area contributed by atoms with E-state index < -0.39 is 0 Å². The van der Waals surface area contributed by atoms with Gasteiger partial charge in [0.1, 0.15) is 13.2 Å². The van der Waals surface area contributed by atoms with Crippen LogP contribution in [0.25, 0.3) is 0 Å². The molecule has 0 radical (unpaired) electrons. The molecule has 0 aliphatic carbocycles. The molecule has 0 saturated heterocycles. The third-order valence-electron chi connectivity index (χ3n) is 2.89. The molecular weight excluding hydrogens is 362 g/mol. The average Bonchev–Trinajstić information content (AvgIpc) is 2.68. The van der Waals surface area contributed by atoms with Crippen LogP contribution in [0.3, 0.4) is 0 Å². The zero-order valence-electron chi connectivity index (χ0n) is 15.9. The van der Waals surface area contributed by atoms with Crippen LogP contribution in [0.4, 0.5) is 0 Å². The molecule has 3 N–H and O–H groups in total. The first kappa shape index (κ1) is 25.8. The van der Waals surface area contributed by atoms with Gasteiger partial charge in [-0.05, 0) is 0 Å². The molecule has 0 aliphatic heterocycles. The normalized spacial score (nSPS) is 10.9. The van der Waals surface area contributed by atoms with E-state index in [1.165, 1.54) is 0 Å². The number of hydrogen-bond acceptors (Lipinski definition) is 10. The SMILES string of the molecule is NCCNC(=O)COCCOCCOCCOCCOCCOCCN=O. The molecule has 1 amide bonds. The molecule has 0 rings (SSSR count). The van der Waals surface area contributed by atoms with Gasteiger partial charge in [-0.15, -0.1) is 0 Å². The van der Waals surface area contributed by atoms with Crippen LogP contribution in [0.2, 0.25) is 0 Å². The molecule has 0 aliphatic rings. The van der Waals surface area contributed by atoms with Crippen LogP contribution in [0.1, 0.15) is 0 Å². The molecule has 0 heterocycles. The highest BCUT2D eigenvalue weighted by molar-refractivity contribution is 5.77. The molecule has 0 aromatic carbocycles. The summed E-state index contributed by atoms with van der Waals surface area (Å²) in [5.74, 6) is -0.186. The number of nitroso groups, excluding NO2 is 1. The number of nitrogens with one attached hydrogen (secondary N) is 1. The van der Waals surface area contributed by atoms with Gasteiger partial charge in [-0.2, -0.15) is 4.91 Å². The summed E-state index contributed by atoms with van der Waals surface area (Å²) in [6.07, 6.45) is 0. The monoisotopic (exact) mass is 395 g/mol. The Morgan fingerprint density at radius 2 is 1.11 bits per heavy atom. The van der Waals surface area contributed by atoms with Crippen molar-refractivity contribution in [2.45, 2.75) is 0 Å². The quantitative estimate of drug-likeness (QED) is 0.173. The smallest absolute Gasteiger partial charge is 0.246 e. The van der Waals surface area contributed by atoms with Gasteiger partial charge in [0.2, 0.25) is 5.91 Å². The molecule has 0 aromatic rings. The zero-order valence-corrected chi connectivity index (χ0v) is 15.9. The van der Waals surface area contributed by atoms with Crippen LogP contribution in [0, 0.1) is 4.91 Å². The second kappa shape index (κ2) is 22.8. The van der Waals surface area contributed by atoms with Crippen LogP contribution in [-0.2, 0) is 33.2 Å². The van der Waals surface area contributed by atoms with E-state index in [-0.39, 0.29) is 19.1 Å². The molecule has 0 saturated carbocycles. The highest BCUT2D eigenvalue weighted by atomic mass is 16.6. The van der Waals surface area contributed by atoms with E-state index in [1.807, 2.05) is 0 Å². The first-order chi connectivity index (χ1) is 13.3. The Bertz CT molecular complexity index is 337. The molecular formula is C16H33N3O8. The second-order valence-corrected chi connectivity index (χ2v) is 5.11. The number of nitrogens with two attached hydrogens (primary N) is 1. The summed E-state index contributed by atoms with van der Waals surface area (Å²) in [4.78, 5) is 21.0. The highest BCUT2D eigenvalue weighted by Crippen LogP contribution is 1.85. The van der Waals surface area contributed by atoms with Crippen molar-refractivity contribution in [2.24, 2.45) is 10.9 Å². The number of amides is 1. The van der Waals surface area contributed by atoms with Crippen molar-refractivity contribution in [2.75, 3.05) is 98.9 Å².